The van der Waals surface area contributed by atoms with Crippen molar-refractivity contribution in [3.63, 3.8) is 0 Å². The number of benzene rings is 2. The summed E-state index contributed by atoms with van der Waals surface area (Å²) in [7, 11) is 5.80. The highest BCUT2D eigenvalue weighted by Crippen LogP contribution is 2.27. The summed E-state index contributed by atoms with van der Waals surface area (Å²) < 4.78 is 1.76. The van der Waals surface area contributed by atoms with E-state index in [4.69, 9.17) is 0 Å². The average molecular weight is 320 g/mol. The zero-order valence-electron chi connectivity index (χ0n) is 14.0. The van der Waals surface area contributed by atoms with E-state index in [-0.39, 0.29) is 5.91 Å². The monoisotopic (exact) mass is 320 g/mol. The second-order valence-electron chi connectivity index (χ2n) is 5.79. The molecule has 5 nitrogen and oxygen atoms in total. The third-order valence-corrected chi connectivity index (χ3v) is 3.88. The Balaban J connectivity index is 1.85. The van der Waals surface area contributed by atoms with Crippen LogP contribution in [0.15, 0.2) is 60.8 Å². The van der Waals surface area contributed by atoms with Crippen LogP contribution in [0.2, 0.25) is 0 Å². The van der Waals surface area contributed by atoms with Gasteiger partial charge in [-0.2, -0.15) is 5.10 Å². The highest BCUT2D eigenvalue weighted by molar-refractivity contribution is 6.06. The van der Waals surface area contributed by atoms with Crippen LogP contribution in [0, 0.1) is 0 Å². The summed E-state index contributed by atoms with van der Waals surface area (Å²) >= 11 is 0. The minimum Gasteiger partial charge on any atom is -0.378 e. The molecule has 0 spiro atoms. The molecule has 0 saturated carbocycles. The number of rotatable bonds is 4. The minimum absolute atomic E-state index is 0.148. The van der Waals surface area contributed by atoms with Crippen LogP contribution in [0.5, 0.6) is 0 Å². The van der Waals surface area contributed by atoms with Crippen molar-refractivity contribution in [3.8, 4) is 11.3 Å². The number of amides is 1. The van der Waals surface area contributed by atoms with Gasteiger partial charge in [-0.25, -0.2) is 0 Å². The summed E-state index contributed by atoms with van der Waals surface area (Å²) in [5.41, 5.74) is 4.26. The van der Waals surface area contributed by atoms with Crippen LogP contribution >= 0.6 is 0 Å². The van der Waals surface area contributed by atoms with E-state index in [1.165, 1.54) is 0 Å². The van der Waals surface area contributed by atoms with E-state index in [0.29, 0.717) is 11.3 Å². The molecule has 1 aromatic heterocycles. The standard InChI is InChI=1S/C19H20N4O/c1-22(2)16-11-9-15(10-12-16)19(24)21-17-13-20-23(3)18(17)14-7-5-4-6-8-14/h4-13H,1-3H3,(H,21,24). The lowest BCUT2D eigenvalue weighted by molar-refractivity contribution is 0.102. The van der Waals surface area contributed by atoms with Gasteiger partial charge in [0.1, 0.15) is 0 Å². The Morgan fingerprint density at radius 1 is 1.04 bits per heavy atom. The molecule has 0 bridgehead atoms. The van der Waals surface area contributed by atoms with Gasteiger partial charge in [-0.3, -0.25) is 9.48 Å². The Morgan fingerprint density at radius 2 is 1.71 bits per heavy atom. The van der Waals surface area contributed by atoms with Gasteiger partial charge in [-0.05, 0) is 24.3 Å². The molecule has 122 valence electrons. The van der Waals surface area contributed by atoms with Crippen molar-refractivity contribution in [3.05, 3.63) is 66.4 Å². The summed E-state index contributed by atoms with van der Waals surface area (Å²) in [6.45, 7) is 0. The van der Waals surface area contributed by atoms with E-state index in [1.807, 2.05) is 80.6 Å². The van der Waals surface area contributed by atoms with Crippen LogP contribution in [0.1, 0.15) is 10.4 Å². The van der Waals surface area contributed by atoms with Crippen molar-refractivity contribution in [1.82, 2.24) is 9.78 Å². The van der Waals surface area contributed by atoms with Gasteiger partial charge in [0.25, 0.3) is 5.91 Å². The molecule has 3 rings (SSSR count). The number of aromatic nitrogens is 2. The molecular weight excluding hydrogens is 300 g/mol. The molecule has 3 aromatic rings. The lowest BCUT2D eigenvalue weighted by atomic mass is 10.1. The Hall–Kier alpha value is -3.08. The predicted octanol–water partition coefficient (Wildman–Crippen LogP) is 3.41. The van der Waals surface area contributed by atoms with E-state index < -0.39 is 0 Å². The molecule has 1 N–H and O–H groups in total. The molecular formula is C19H20N4O. The highest BCUT2D eigenvalue weighted by atomic mass is 16.1. The average Bonchev–Trinajstić information content (AvgIpc) is 2.96. The maximum atomic E-state index is 12.5. The first-order valence-electron chi connectivity index (χ1n) is 7.72. The molecule has 0 fully saturated rings. The number of hydrogen-bond acceptors (Lipinski definition) is 3. The van der Waals surface area contributed by atoms with E-state index in [0.717, 1.165) is 16.9 Å². The number of anilines is 2. The molecule has 0 unspecified atom stereocenters. The van der Waals surface area contributed by atoms with Crippen LogP contribution < -0.4 is 10.2 Å². The second kappa shape index (κ2) is 6.58. The Labute approximate surface area is 141 Å². The molecule has 2 aromatic carbocycles. The van der Waals surface area contributed by atoms with Crippen molar-refractivity contribution >= 4 is 17.3 Å². The lowest BCUT2D eigenvalue weighted by Crippen LogP contribution is -2.13. The first kappa shape index (κ1) is 15.8. The molecule has 0 aliphatic heterocycles. The zero-order chi connectivity index (χ0) is 17.1. The van der Waals surface area contributed by atoms with E-state index >= 15 is 0 Å². The van der Waals surface area contributed by atoms with Crippen molar-refractivity contribution < 1.29 is 4.79 Å². The first-order valence-corrected chi connectivity index (χ1v) is 7.72. The molecule has 1 amide bonds. The third kappa shape index (κ3) is 3.15. The molecule has 1 heterocycles. The summed E-state index contributed by atoms with van der Waals surface area (Å²) in [6.07, 6.45) is 1.68. The smallest absolute Gasteiger partial charge is 0.255 e. The van der Waals surface area contributed by atoms with Gasteiger partial charge in [-0.1, -0.05) is 30.3 Å². The zero-order valence-corrected chi connectivity index (χ0v) is 14.0. The molecule has 0 saturated heterocycles. The van der Waals surface area contributed by atoms with Crippen LogP contribution in [0.25, 0.3) is 11.3 Å². The van der Waals surface area contributed by atoms with Gasteiger partial charge in [0.2, 0.25) is 0 Å². The summed E-state index contributed by atoms with van der Waals surface area (Å²) in [4.78, 5) is 14.5. The van der Waals surface area contributed by atoms with Gasteiger partial charge < -0.3 is 10.2 Å². The van der Waals surface area contributed by atoms with Crippen LogP contribution in [0.4, 0.5) is 11.4 Å². The molecule has 0 radical (unpaired) electrons. The maximum Gasteiger partial charge on any atom is 0.255 e. The highest BCUT2D eigenvalue weighted by Gasteiger charge is 2.14. The lowest BCUT2D eigenvalue weighted by Gasteiger charge is -2.13. The van der Waals surface area contributed by atoms with Gasteiger partial charge in [0.15, 0.2) is 0 Å². The fraction of sp³-hybridized carbons (Fsp3) is 0.158. The van der Waals surface area contributed by atoms with Gasteiger partial charge in [0.05, 0.1) is 17.6 Å². The quantitative estimate of drug-likeness (QED) is 0.801. The molecule has 5 heteroatoms. The van der Waals surface area contributed by atoms with Gasteiger partial charge in [0, 0.05) is 38.0 Å². The van der Waals surface area contributed by atoms with Crippen molar-refractivity contribution in [2.24, 2.45) is 7.05 Å². The number of aryl methyl sites for hydroxylation is 1. The third-order valence-electron chi connectivity index (χ3n) is 3.88. The van der Waals surface area contributed by atoms with Crippen molar-refractivity contribution in [1.29, 1.82) is 0 Å². The van der Waals surface area contributed by atoms with Crippen LogP contribution in [-0.2, 0) is 7.05 Å². The number of carbonyl (C=O) groups is 1. The van der Waals surface area contributed by atoms with Gasteiger partial charge >= 0.3 is 0 Å². The van der Waals surface area contributed by atoms with Crippen molar-refractivity contribution in [2.45, 2.75) is 0 Å². The normalized spacial score (nSPS) is 10.5. The Morgan fingerprint density at radius 3 is 2.33 bits per heavy atom. The van der Waals surface area contributed by atoms with Crippen molar-refractivity contribution in [2.75, 3.05) is 24.3 Å². The molecule has 0 atom stereocenters. The molecule has 0 aliphatic rings. The fourth-order valence-electron chi connectivity index (χ4n) is 2.57. The number of carbonyl (C=O) groups excluding carboxylic acids is 1. The number of nitrogens with one attached hydrogen (secondary N) is 1. The first-order chi connectivity index (χ1) is 11.6. The van der Waals surface area contributed by atoms with E-state index in [9.17, 15) is 4.79 Å². The predicted molar refractivity (Wildman–Crippen MR) is 97.4 cm³/mol. The summed E-state index contributed by atoms with van der Waals surface area (Å²) in [5.74, 6) is -0.148. The fourth-order valence-corrected chi connectivity index (χ4v) is 2.57. The van der Waals surface area contributed by atoms with Gasteiger partial charge in [-0.15, -0.1) is 0 Å². The summed E-state index contributed by atoms with van der Waals surface area (Å²) in [6, 6.07) is 17.4. The Bertz CT molecular complexity index is 836. The SMILES string of the molecule is CN(C)c1ccc(C(=O)Nc2cnn(C)c2-c2ccccc2)cc1. The second-order valence-corrected chi connectivity index (χ2v) is 5.79. The maximum absolute atomic E-state index is 12.5. The number of hydrogen-bond donors (Lipinski definition) is 1. The topological polar surface area (TPSA) is 50.2 Å². The minimum atomic E-state index is -0.148. The summed E-state index contributed by atoms with van der Waals surface area (Å²) in [5, 5.41) is 7.23. The molecule has 0 aliphatic carbocycles. The largest absolute Gasteiger partial charge is 0.378 e. The van der Waals surface area contributed by atoms with E-state index in [2.05, 4.69) is 10.4 Å². The Kier molecular flexibility index (Phi) is 4.33. The molecule has 24 heavy (non-hydrogen) atoms. The van der Waals surface area contributed by atoms with Crippen LogP contribution in [0.3, 0.4) is 0 Å². The number of nitrogens with zero attached hydrogens (tertiary/aromatic N) is 3. The van der Waals surface area contributed by atoms with Crippen LogP contribution in [-0.4, -0.2) is 29.8 Å². The van der Waals surface area contributed by atoms with E-state index in [1.54, 1.807) is 10.9 Å².